The number of piperazine rings is 1. The molecule has 1 aromatic heterocycles. The smallest absolute Gasteiger partial charge is 0.342 e. The SMILES string of the molecule is CC(=O)N1CC([C@H]2C(=O)N(c3ncc(Cl)cc3F)CC(=O)N2Cc2ccc(C(F)(F)F)cc2)C1. The van der Waals surface area contributed by atoms with E-state index < -0.39 is 47.9 Å². The minimum atomic E-state index is -4.50. The van der Waals surface area contributed by atoms with Crippen LogP contribution in [-0.2, 0) is 27.1 Å². The first-order valence-electron chi connectivity index (χ1n) is 10.3. The summed E-state index contributed by atoms with van der Waals surface area (Å²) in [7, 11) is 0. The molecule has 0 spiro atoms. The van der Waals surface area contributed by atoms with Crippen LogP contribution < -0.4 is 4.90 Å². The van der Waals surface area contributed by atoms with Gasteiger partial charge >= 0.3 is 6.18 Å². The molecule has 34 heavy (non-hydrogen) atoms. The molecule has 7 nitrogen and oxygen atoms in total. The Morgan fingerprint density at radius 3 is 2.38 bits per heavy atom. The minimum absolute atomic E-state index is 0.0219. The predicted molar refractivity (Wildman–Crippen MR) is 113 cm³/mol. The Balaban J connectivity index is 1.63. The number of hydrogen-bond donors (Lipinski definition) is 0. The lowest BCUT2D eigenvalue weighted by Crippen LogP contribution is -2.68. The monoisotopic (exact) mass is 498 g/mol. The summed E-state index contributed by atoms with van der Waals surface area (Å²) in [5.41, 5.74) is -0.438. The van der Waals surface area contributed by atoms with Gasteiger partial charge in [0, 0.05) is 38.7 Å². The van der Waals surface area contributed by atoms with Crippen molar-refractivity contribution in [1.82, 2.24) is 14.8 Å². The van der Waals surface area contributed by atoms with Gasteiger partial charge in [-0.3, -0.25) is 19.3 Å². The molecule has 1 aromatic carbocycles. The lowest BCUT2D eigenvalue weighted by molar-refractivity contribution is -0.152. The number of carbonyl (C=O) groups excluding carboxylic acids is 3. The van der Waals surface area contributed by atoms with E-state index in [9.17, 15) is 31.9 Å². The molecule has 2 aromatic rings. The van der Waals surface area contributed by atoms with E-state index in [1.807, 2.05) is 0 Å². The van der Waals surface area contributed by atoms with Crippen LogP contribution in [0, 0.1) is 11.7 Å². The third kappa shape index (κ3) is 4.56. The molecule has 0 bridgehead atoms. The van der Waals surface area contributed by atoms with Crippen LogP contribution in [0.3, 0.4) is 0 Å². The summed E-state index contributed by atoms with van der Waals surface area (Å²) in [6, 6.07) is 4.23. The fraction of sp³-hybridized carbons (Fsp3) is 0.364. The van der Waals surface area contributed by atoms with Gasteiger partial charge in [0.15, 0.2) is 11.6 Å². The Bertz CT molecular complexity index is 1140. The van der Waals surface area contributed by atoms with Crippen molar-refractivity contribution in [3.63, 3.8) is 0 Å². The number of likely N-dealkylation sites (tertiary alicyclic amines) is 1. The number of rotatable bonds is 4. The van der Waals surface area contributed by atoms with E-state index in [1.54, 1.807) is 0 Å². The maximum Gasteiger partial charge on any atom is 0.416 e. The van der Waals surface area contributed by atoms with Gasteiger partial charge in [-0.15, -0.1) is 0 Å². The van der Waals surface area contributed by atoms with Gasteiger partial charge in [0.2, 0.25) is 11.8 Å². The lowest BCUT2D eigenvalue weighted by atomic mass is 9.87. The Labute approximate surface area is 196 Å². The lowest BCUT2D eigenvalue weighted by Gasteiger charge is -2.49. The number of benzene rings is 1. The second-order valence-electron chi connectivity index (χ2n) is 8.23. The van der Waals surface area contributed by atoms with E-state index in [2.05, 4.69) is 4.98 Å². The van der Waals surface area contributed by atoms with E-state index in [4.69, 9.17) is 11.6 Å². The summed E-state index contributed by atoms with van der Waals surface area (Å²) in [5, 5.41) is 0.0219. The van der Waals surface area contributed by atoms with E-state index >= 15 is 0 Å². The zero-order valence-corrected chi connectivity index (χ0v) is 18.6. The van der Waals surface area contributed by atoms with Crippen LogP contribution >= 0.6 is 11.6 Å². The molecular weight excluding hydrogens is 480 g/mol. The zero-order chi connectivity index (χ0) is 24.8. The number of amides is 3. The molecule has 2 fully saturated rings. The van der Waals surface area contributed by atoms with Gasteiger partial charge in [0.1, 0.15) is 12.6 Å². The van der Waals surface area contributed by atoms with Crippen molar-refractivity contribution in [2.45, 2.75) is 25.7 Å². The van der Waals surface area contributed by atoms with Crippen molar-refractivity contribution < 1.29 is 31.9 Å². The van der Waals surface area contributed by atoms with Gasteiger partial charge in [-0.1, -0.05) is 23.7 Å². The quantitative estimate of drug-likeness (QED) is 0.607. The topological polar surface area (TPSA) is 73.8 Å². The number of pyridine rings is 1. The number of nitrogens with zero attached hydrogens (tertiary/aromatic N) is 4. The molecule has 4 rings (SSSR count). The number of hydrogen-bond acceptors (Lipinski definition) is 4. The van der Waals surface area contributed by atoms with E-state index in [0.717, 1.165) is 29.3 Å². The minimum Gasteiger partial charge on any atom is -0.342 e. The molecule has 180 valence electrons. The molecule has 0 N–H and O–H groups in total. The normalized spacial score (nSPS) is 19.5. The van der Waals surface area contributed by atoms with Crippen molar-refractivity contribution >= 4 is 35.1 Å². The summed E-state index contributed by atoms with van der Waals surface area (Å²) < 4.78 is 53.1. The molecule has 0 saturated carbocycles. The first kappa shape index (κ1) is 23.9. The molecule has 12 heteroatoms. The van der Waals surface area contributed by atoms with Gasteiger partial charge in [-0.2, -0.15) is 13.2 Å². The largest absolute Gasteiger partial charge is 0.416 e. The highest BCUT2D eigenvalue weighted by atomic mass is 35.5. The van der Waals surface area contributed by atoms with Crippen LogP contribution in [0.5, 0.6) is 0 Å². The molecular formula is C22H19ClF4N4O3. The number of aromatic nitrogens is 1. The average molecular weight is 499 g/mol. The van der Waals surface area contributed by atoms with Crippen LogP contribution in [-0.4, -0.2) is 58.2 Å². The van der Waals surface area contributed by atoms with Gasteiger partial charge in [-0.05, 0) is 23.8 Å². The van der Waals surface area contributed by atoms with Gasteiger partial charge < -0.3 is 9.80 Å². The third-order valence-electron chi connectivity index (χ3n) is 5.95. The van der Waals surface area contributed by atoms with Gasteiger partial charge in [-0.25, -0.2) is 9.37 Å². The summed E-state index contributed by atoms with van der Waals surface area (Å²) in [5.74, 6) is -2.95. The second kappa shape index (κ2) is 8.86. The fourth-order valence-electron chi connectivity index (χ4n) is 4.15. The average Bonchev–Trinajstić information content (AvgIpc) is 2.71. The first-order chi connectivity index (χ1) is 16.0. The van der Waals surface area contributed by atoms with Crippen molar-refractivity contribution in [3.05, 3.63) is 58.5 Å². The van der Waals surface area contributed by atoms with E-state index in [1.165, 1.54) is 28.9 Å². The van der Waals surface area contributed by atoms with E-state index in [-0.39, 0.29) is 36.4 Å². The van der Waals surface area contributed by atoms with Gasteiger partial charge in [0.05, 0.1) is 10.6 Å². The maximum absolute atomic E-state index is 14.5. The molecule has 2 saturated heterocycles. The standard InChI is InChI=1S/C22H19ClF4N4O3/c1-12(32)29-9-14(10-29)19-21(34)31(20-17(24)6-16(23)7-28-20)11-18(33)30(19)8-13-2-4-15(5-3-13)22(25,26)27/h2-7,14,19H,8-11H2,1H3/t19-/m0/s1. The number of carbonyl (C=O) groups is 3. The van der Waals surface area contributed by atoms with Crippen LogP contribution in [0.2, 0.25) is 5.02 Å². The molecule has 2 aliphatic heterocycles. The highest BCUT2D eigenvalue weighted by Crippen LogP contribution is 2.33. The molecule has 2 aliphatic rings. The summed E-state index contributed by atoms with van der Waals surface area (Å²) >= 11 is 5.74. The maximum atomic E-state index is 14.5. The van der Waals surface area contributed by atoms with Crippen LogP contribution in [0.15, 0.2) is 36.5 Å². The third-order valence-corrected chi connectivity index (χ3v) is 6.16. The van der Waals surface area contributed by atoms with Gasteiger partial charge in [0.25, 0.3) is 5.91 Å². The van der Waals surface area contributed by atoms with Crippen molar-refractivity contribution in [2.75, 3.05) is 24.5 Å². The van der Waals surface area contributed by atoms with Crippen molar-refractivity contribution in [2.24, 2.45) is 5.92 Å². The molecule has 3 heterocycles. The number of alkyl halides is 3. The highest BCUT2D eigenvalue weighted by molar-refractivity contribution is 6.30. The van der Waals surface area contributed by atoms with Crippen LogP contribution in [0.25, 0.3) is 0 Å². The molecule has 1 atom stereocenters. The Kier molecular flexibility index (Phi) is 6.24. The predicted octanol–water partition coefficient (Wildman–Crippen LogP) is 3.12. The number of anilines is 1. The molecule has 0 radical (unpaired) electrons. The highest BCUT2D eigenvalue weighted by Gasteiger charge is 2.49. The van der Waals surface area contributed by atoms with Crippen molar-refractivity contribution in [3.8, 4) is 0 Å². The Morgan fingerprint density at radius 1 is 1.18 bits per heavy atom. The first-order valence-corrected chi connectivity index (χ1v) is 10.7. The van der Waals surface area contributed by atoms with Crippen LogP contribution in [0.1, 0.15) is 18.1 Å². The summed E-state index contributed by atoms with van der Waals surface area (Å²) in [4.78, 5) is 45.8. The fourth-order valence-corrected chi connectivity index (χ4v) is 4.29. The summed E-state index contributed by atoms with van der Waals surface area (Å²) in [6.07, 6.45) is -3.35. The number of halogens is 5. The molecule has 0 unspecified atom stereocenters. The van der Waals surface area contributed by atoms with Crippen LogP contribution in [0.4, 0.5) is 23.4 Å². The zero-order valence-electron chi connectivity index (χ0n) is 17.9. The second-order valence-corrected chi connectivity index (χ2v) is 8.67. The molecule has 0 aliphatic carbocycles. The van der Waals surface area contributed by atoms with Crippen molar-refractivity contribution in [1.29, 1.82) is 0 Å². The van der Waals surface area contributed by atoms with E-state index in [0.29, 0.717) is 5.56 Å². The summed E-state index contributed by atoms with van der Waals surface area (Å²) in [6.45, 7) is 1.20. The Morgan fingerprint density at radius 2 is 1.82 bits per heavy atom. The molecule has 3 amide bonds. The Hall–Kier alpha value is -3.21.